The molecule has 4 heterocycles. The molecule has 1 amide bonds. The largest absolute Gasteiger partial charge is 0.394 e. The molecule has 1 atom stereocenters. The van der Waals surface area contributed by atoms with E-state index in [9.17, 15) is 9.90 Å². The average molecular weight is 516 g/mol. The van der Waals surface area contributed by atoms with Crippen molar-refractivity contribution in [3.8, 4) is 22.5 Å². The van der Waals surface area contributed by atoms with Crippen LogP contribution in [0.3, 0.4) is 0 Å². The number of aromatic nitrogens is 6. The van der Waals surface area contributed by atoms with E-state index in [-0.39, 0.29) is 17.9 Å². The zero-order chi connectivity index (χ0) is 26.3. The summed E-state index contributed by atoms with van der Waals surface area (Å²) in [6.07, 6.45) is 6.89. The molecule has 0 fully saturated rings. The van der Waals surface area contributed by atoms with Crippen molar-refractivity contribution >= 4 is 28.3 Å². The van der Waals surface area contributed by atoms with Crippen molar-refractivity contribution in [2.45, 2.75) is 39.2 Å². The molecule has 0 saturated heterocycles. The number of hydrogen-bond acceptors (Lipinski definition) is 7. The zero-order valence-corrected chi connectivity index (χ0v) is 22.2. The van der Waals surface area contributed by atoms with E-state index in [1.54, 1.807) is 23.4 Å². The molecule has 190 valence electrons. The fraction of sp³-hybridized carbons (Fsp3) is 0.296. The third-order valence-electron chi connectivity index (χ3n) is 6.22. The van der Waals surface area contributed by atoms with Gasteiger partial charge in [0.1, 0.15) is 16.9 Å². The van der Waals surface area contributed by atoms with Crippen molar-refractivity contribution in [1.82, 2.24) is 35.0 Å². The molecule has 1 aromatic carbocycles. The fourth-order valence-corrected chi connectivity index (χ4v) is 5.15. The van der Waals surface area contributed by atoms with Crippen LogP contribution in [0.1, 0.15) is 52.6 Å². The van der Waals surface area contributed by atoms with E-state index in [2.05, 4.69) is 51.1 Å². The first-order valence-electron chi connectivity index (χ1n) is 12.0. The summed E-state index contributed by atoms with van der Waals surface area (Å²) in [6, 6.07) is 7.40. The van der Waals surface area contributed by atoms with Crippen molar-refractivity contribution in [2.75, 3.05) is 6.61 Å². The average Bonchev–Trinajstić information content (AvgIpc) is 3.61. The summed E-state index contributed by atoms with van der Waals surface area (Å²) in [6.45, 7) is 7.93. The van der Waals surface area contributed by atoms with E-state index in [4.69, 9.17) is 0 Å². The lowest BCUT2D eigenvalue weighted by Crippen LogP contribution is -2.30. The molecule has 5 aromatic rings. The molecular weight excluding hydrogens is 486 g/mol. The summed E-state index contributed by atoms with van der Waals surface area (Å²) in [5, 5.41) is 19.1. The Morgan fingerprint density at radius 2 is 1.97 bits per heavy atom. The van der Waals surface area contributed by atoms with Crippen LogP contribution in [0.4, 0.5) is 0 Å². The van der Waals surface area contributed by atoms with Crippen molar-refractivity contribution < 1.29 is 9.90 Å². The predicted octanol–water partition coefficient (Wildman–Crippen LogP) is 4.55. The molecule has 4 aromatic heterocycles. The number of aliphatic hydroxyl groups excluding tert-OH is 1. The minimum Gasteiger partial charge on any atom is -0.394 e. The van der Waals surface area contributed by atoms with Gasteiger partial charge in [0.2, 0.25) is 0 Å². The summed E-state index contributed by atoms with van der Waals surface area (Å²) in [5.41, 5.74) is 6.00. The molecule has 0 aliphatic carbocycles. The van der Waals surface area contributed by atoms with Crippen LogP contribution in [-0.2, 0) is 12.5 Å². The Morgan fingerprint density at radius 3 is 2.62 bits per heavy atom. The van der Waals surface area contributed by atoms with E-state index >= 15 is 0 Å². The zero-order valence-electron chi connectivity index (χ0n) is 21.4. The van der Waals surface area contributed by atoms with E-state index < -0.39 is 6.04 Å². The molecule has 0 spiro atoms. The monoisotopic (exact) mass is 515 g/mol. The second kappa shape index (κ2) is 9.53. The number of carbonyl (C=O) groups is 1. The lowest BCUT2D eigenvalue weighted by atomic mass is 9.97. The molecule has 0 saturated carbocycles. The molecule has 37 heavy (non-hydrogen) atoms. The molecule has 1 unspecified atom stereocenters. The highest BCUT2D eigenvalue weighted by Crippen LogP contribution is 2.32. The lowest BCUT2D eigenvalue weighted by molar-refractivity contribution is 0.0920. The van der Waals surface area contributed by atoms with Gasteiger partial charge in [-0.3, -0.25) is 9.48 Å². The summed E-state index contributed by atoms with van der Waals surface area (Å²) in [5.74, 6) is -0.247. The van der Waals surface area contributed by atoms with Gasteiger partial charge in [0, 0.05) is 35.2 Å². The van der Waals surface area contributed by atoms with E-state index in [1.165, 1.54) is 11.3 Å². The van der Waals surface area contributed by atoms with E-state index in [1.807, 2.05) is 44.4 Å². The Hall–Kier alpha value is -3.89. The van der Waals surface area contributed by atoms with Crippen LogP contribution >= 0.6 is 11.3 Å². The molecule has 0 radical (unpaired) electrons. The van der Waals surface area contributed by atoms with Crippen molar-refractivity contribution in [3.05, 3.63) is 70.2 Å². The Labute approximate surface area is 218 Å². The van der Waals surface area contributed by atoms with Crippen LogP contribution in [0.2, 0.25) is 0 Å². The standard InChI is InChI=1S/C27H29N7O2S/c1-15-8-16(23-19-9-20(17-10-31-34(5)12-17)32-24(19)30-14-29-23)6-7-18(15)21(13-35)33-25(36)22-11-28-26(37-22)27(2,3)4/h6-12,14,21,35H,13H2,1-5H3,(H,33,36)(H,29,30,32). The van der Waals surface area contributed by atoms with Gasteiger partial charge >= 0.3 is 0 Å². The second-order valence-corrected chi connectivity index (χ2v) is 11.2. The number of aliphatic hydroxyl groups is 1. The van der Waals surface area contributed by atoms with Gasteiger partial charge in [-0.05, 0) is 30.2 Å². The van der Waals surface area contributed by atoms with Gasteiger partial charge in [-0.1, -0.05) is 32.9 Å². The summed E-state index contributed by atoms with van der Waals surface area (Å²) in [7, 11) is 1.88. The molecule has 0 aliphatic rings. The maximum atomic E-state index is 12.9. The maximum Gasteiger partial charge on any atom is 0.263 e. The Bertz CT molecular complexity index is 1590. The Kier molecular flexibility index (Phi) is 6.38. The van der Waals surface area contributed by atoms with Gasteiger partial charge in [-0.15, -0.1) is 11.3 Å². The Morgan fingerprint density at radius 1 is 1.16 bits per heavy atom. The highest BCUT2D eigenvalue weighted by Gasteiger charge is 2.23. The first-order valence-corrected chi connectivity index (χ1v) is 12.8. The normalized spacial score (nSPS) is 12.7. The third-order valence-corrected chi connectivity index (χ3v) is 7.64. The van der Waals surface area contributed by atoms with E-state index in [0.29, 0.717) is 4.88 Å². The number of aromatic amines is 1. The van der Waals surface area contributed by atoms with E-state index in [0.717, 1.165) is 49.7 Å². The number of hydrogen-bond donors (Lipinski definition) is 3. The number of fused-ring (bicyclic) bond motifs is 1. The predicted molar refractivity (Wildman–Crippen MR) is 144 cm³/mol. The topological polar surface area (TPSA) is 122 Å². The number of H-pyrrole nitrogens is 1. The SMILES string of the molecule is Cc1cc(-c2ncnc3[nH]c(-c4cnn(C)c4)cc23)ccc1C(CO)NC(=O)c1cnc(C(C)(C)C)s1. The summed E-state index contributed by atoms with van der Waals surface area (Å²) >= 11 is 1.38. The summed E-state index contributed by atoms with van der Waals surface area (Å²) in [4.78, 5) is 30.2. The third kappa shape index (κ3) is 4.90. The Balaban J connectivity index is 1.42. The van der Waals surface area contributed by atoms with Gasteiger partial charge < -0.3 is 15.4 Å². The number of aryl methyl sites for hydroxylation is 2. The minimum absolute atomic E-state index is 0.128. The number of amides is 1. The number of thiazole rings is 1. The van der Waals surface area contributed by atoms with Gasteiger partial charge in [-0.25, -0.2) is 15.0 Å². The molecule has 10 heteroatoms. The fourth-order valence-electron chi connectivity index (χ4n) is 4.28. The van der Waals surface area contributed by atoms with Crippen LogP contribution < -0.4 is 5.32 Å². The minimum atomic E-state index is -0.545. The van der Waals surface area contributed by atoms with Crippen molar-refractivity contribution in [1.29, 1.82) is 0 Å². The van der Waals surface area contributed by atoms with Crippen molar-refractivity contribution in [3.63, 3.8) is 0 Å². The summed E-state index contributed by atoms with van der Waals surface area (Å²) < 4.78 is 1.75. The van der Waals surface area contributed by atoms with Crippen LogP contribution in [0.15, 0.2) is 49.2 Å². The molecule has 0 bridgehead atoms. The molecular formula is C27H29N7O2S. The van der Waals surface area contributed by atoms with Crippen molar-refractivity contribution in [2.24, 2.45) is 7.05 Å². The van der Waals surface area contributed by atoms with Crippen LogP contribution in [-0.4, -0.2) is 47.3 Å². The maximum absolute atomic E-state index is 12.9. The molecule has 9 nitrogen and oxygen atoms in total. The number of rotatable bonds is 6. The first kappa shape index (κ1) is 24.8. The van der Waals surface area contributed by atoms with Gasteiger partial charge in [0.25, 0.3) is 5.91 Å². The molecule has 0 aliphatic heterocycles. The van der Waals surface area contributed by atoms with Gasteiger partial charge in [0.05, 0.1) is 41.4 Å². The highest BCUT2D eigenvalue weighted by atomic mass is 32.1. The highest BCUT2D eigenvalue weighted by molar-refractivity contribution is 7.13. The smallest absolute Gasteiger partial charge is 0.263 e. The van der Waals surface area contributed by atoms with Gasteiger partial charge in [-0.2, -0.15) is 5.10 Å². The number of nitrogens with one attached hydrogen (secondary N) is 2. The van der Waals surface area contributed by atoms with Crippen LogP contribution in [0.25, 0.3) is 33.5 Å². The van der Waals surface area contributed by atoms with Gasteiger partial charge in [0.15, 0.2) is 0 Å². The first-order chi connectivity index (χ1) is 17.6. The molecule has 5 rings (SSSR count). The van der Waals surface area contributed by atoms with Crippen LogP contribution in [0.5, 0.6) is 0 Å². The number of carbonyl (C=O) groups excluding carboxylic acids is 1. The molecule has 3 N–H and O–H groups in total. The quantitative estimate of drug-likeness (QED) is 0.305. The number of nitrogens with zero attached hydrogens (tertiary/aromatic N) is 5. The number of benzene rings is 1. The van der Waals surface area contributed by atoms with Crippen LogP contribution in [0, 0.1) is 6.92 Å². The lowest BCUT2D eigenvalue weighted by Gasteiger charge is -2.19. The second-order valence-electron chi connectivity index (χ2n) is 10.1.